The molecule has 0 unspecified atom stereocenters. The summed E-state index contributed by atoms with van der Waals surface area (Å²) < 4.78 is 14.7. The maximum absolute atomic E-state index is 12.8. The van der Waals surface area contributed by atoms with E-state index in [-0.39, 0.29) is 25.3 Å². The molecule has 2 aromatic heterocycles. The molecule has 0 saturated carbocycles. The summed E-state index contributed by atoms with van der Waals surface area (Å²) in [5, 5.41) is 5.92. The third kappa shape index (κ3) is 9.42. The van der Waals surface area contributed by atoms with Crippen LogP contribution in [-0.2, 0) is 22.7 Å². The van der Waals surface area contributed by atoms with E-state index in [1.54, 1.807) is 24.8 Å². The van der Waals surface area contributed by atoms with Gasteiger partial charge >= 0.3 is 12.1 Å². The highest BCUT2D eigenvalue weighted by Crippen LogP contribution is 2.28. The van der Waals surface area contributed by atoms with Gasteiger partial charge in [-0.25, -0.2) is 19.6 Å². The molecule has 0 saturated heterocycles. The maximum Gasteiger partial charge on any atom is 0.331 e. The van der Waals surface area contributed by atoms with E-state index in [1.165, 1.54) is 34.6 Å². The molecule has 0 spiro atoms. The average molecular weight is 525 g/mol. The number of aromatic nitrogens is 4. The fourth-order valence-electron chi connectivity index (χ4n) is 3.90. The van der Waals surface area contributed by atoms with Crippen molar-refractivity contribution < 1.29 is 19.1 Å². The highest BCUT2D eigenvalue weighted by Gasteiger charge is 2.16. The van der Waals surface area contributed by atoms with Gasteiger partial charge in [0.2, 0.25) is 0 Å². The number of anilines is 2. The van der Waals surface area contributed by atoms with Crippen molar-refractivity contribution in [1.29, 1.82) is 0 Å². The maximum atomic E-state index is 12.8. The van der Waals surface area contributed by atoms with Crippen LogP contribution in [0.25, 0.3) is 0 Å². The Balaban J connectivity index is 1.82. The molecule has 1 aromatic carbocycles. The van der Waals surface area contributed by atoms with Crippen LogP contribution in [-0.4, -0.2) is 44.4 Å². The first-order chi connectivity index (χ1) is 18.6. The Morgan fingerprint density at radius 1 is 0.711 bits per heavy atom. The van der Waals surface area contributed by atoms with Crippen LogP contribution in [0.3, 0.4) is 0 Å². The van der Waals surface area contributed by atoms with E-state index in [0.717, 1.165) is 49.7 Å². The molecule has 0 aliphatic rings. The van der Waals surface area contributed by atoms with Crippen molar-refractivity contribution in [2.75, 3.05) is 23.8 Å². The van der Waals surface area contributed by atoms with E-state index in [2.05, 4.69) is 34.4 Å². The lowest BCUT2D eigenvalue weighted by Crippen LogP contribution is -2.21. The zero-order chi connectivity index (χ0) is 27.0. The molecule has 0 bridgehead atoms. The number of imidazole rings is 2. The quantitative estimate of drug-likeness (QED) is 0.209. The summed E-state index contributed by atoms with van der Waals surface area (Å²) in [6.07, 6.45) is 18.0. The predicted octanol–water partition coefficient (Wildman–Crippen LogP) is 6.43. The number of benzene rings is 1. The van der Waals surface area contributed by atoms with Gasteiger partial charge in [-0.15, -0.1) is 0 Å². The minimum absolute atomic E-state index is 0.289. The Bertz CT molecular complexity index is 1010. The van der Waals surface area contributed by atoms with Crippen LogP contribution in [0.5, 0.6) is 0 Å². The lowest BCUT2D eigenvalue weighted by molar-refractivity contribution is 0.115. The monoisotopic (exact) mass is 524 g/mol. The average Bonchev–Trinajstić information content (AvgIpc) is 3.65. The molecular weight excluding hydrogens is 484 g/mol. The highest BCUT2D eigenvalue weighted by molar-refractivity contribution is 5.95. The van der Waals surface area contributed by atoms with Crippen molar-refractivity contribution in [2.24, 2.45) is 0 Å². The van der Waals surface area contributed by atoms with Gasteiger partial charge < -0.3 is 20.1 Å². The smallest absolute Gasteiger partial charge is 0.331 e. The van der Waals surface area contributed by atoms with Crippen molar-refractivity contribution in [3.63, 3.8) is 0 Å². The van der Waals surface area contributed by atoms with Gasteiger partial charge in [-0.3, -0.25) is 9.13 Å². The first-order valence-corrected chi connectivity index (χ1v) is 13.5. The van der Waals surface area contributed by atoms with E-state index >= 15 is 0 Å². The largest absolute Gasteiger partial charge is 0.377 e. The van der Waals surface area contributed by atoms with Gasteiger partial charge in [0.25, 0.3) is 0 Å². The predicted molar refractivity (Wildman–Crippen MR) is 147 cm³/mol. The molecule has 206 valence electrons. The molecule has 2 N–H and O–H groups in total. The third-order valence-corrected chi connectivity index (χ3v) is 6.09. The number of carbonyl (C=O) groups is 2. The molecule has 0 fully saturated rings. The van der Waals surface area contributed by atoms with Gasteiger partial charge in [0.15, 0.2) is 0 Å². The number of ether oxygens (including phenoxy) is 2. The van der Waals surface area contributed by atoms with Gasteiger partial charge in [-0.1, -0.05) is 52.4 Å². The summed E-state index contributed by atoms with van der Waals surface area (Å²) >= 11 is 0. The number of nitrogens with one attached hydrogen (secondary N) is 2. The first kappa shape index (κ1) is 29.1. The summed E-state index contributed by atoms with van der Waals surface area (Å²) in [6, 6.07) is 3.02. The number of amides is 2. The second-order valence-corrected chi connectivity index (χ2v) is 9.19. The van der Waals surface area contributed by atoms with E-state index in [9.17, 15) is 9.59 Å². The molecule has 2 heterocycles. The molecule has 0 aliphatic carbocycles. The van der Waals surface area contributed by atoms with Crippen LogP contribution in [0.1, 0.15) is 76.3 Å². The molecule has 10 heteroatoms. The van der Waals surface area contributed by atoms with Crippen molar-refractivity contribution in [1.82, 2.24) is 19.1 Å². The van der Waals surface area contributed by atoms with Crippen molar-refractivity contribution in [3.05, 3.63) is 60.7 Å². The van der Waals surface area contributed by atoms with E-state index in [1.807, 2.05) is 12.1 Å². The van der Waals surface area contributed by atoms with E-state index < -0.39 is 0 Å². The Labute approximate surface area is 224 Å². The van der Waals surface area contributed by atoms with Crippen LogP contribution < -0.4 is 10.6 Å². The van der Waals surface area contributed by atoms with Crippen LogP contribution in [0.15, 0.2) is 49.6 Å². The van der Waals surface area contributed by atoms with Gasteiger partial charge in [-0.05, 0) is 25.0 Å². The summed E-state index contributed by atoms with van der Waals surface area (Å²) in [5.41, 5.74) is 2.70. The van der Waals surface area contributed by atoms with Crippen molar-refractivity contribution in [2.45, 2.75) is 78.4 Å². The van der Waals surface area contributed by atoms with Gasteiger partial charge in [0, 0.05) is 60.5 Å². The summed E-state index contributed by atoms with van der Waals surface area (Å²) in [5.74, 6) is 0. The van der Waals surface area contributed by atoms with E-state index in [0.29, 0.717) is 24.6 Å². The zero-order valence-electron chi connectivity index (χ0n) is 22.5. The molecule has 3 aromatic rings. The topological polar surface area (TPSA) is 112 Å². The molecule has 38 heavy (non-hydrogen) atoms. The van der Waals surface area contributed by atoms with Crippen LogP contribution in [0.2, 0.25) is 0 Å². The minimum Gasteiger partial charge on any atom is -0.377 e. The van der Waals surface area contributed by atoms with E-state index in [4.69, 9.17) is 9.47 Å². The summed E-state index contributed by atoms with van der Waals surface area (Å²) in [7, 11) is 0. The first-order valence-electron chi connectivity index (χ1n) is 13.5. The number of nitrogens with zero attached hydrogens (tertiary/aromatic N) is 4. The highest BCUT2D eigenvalue weighted by atomic mass is 16.5. The van der Waals surface area contributed by atoms with Gasteiger partial charge in [-0.2, -0.15) is 0 Å². The Morgan fingerprint density at radius 3 is 1.53 bits per heavy atom. The molecule has 0 aliphatic heterocycles. The lowest BCUT2D eigenvalue weighted by atomic mass is 10.1. The van der Waals surface area contributed by atoms with Crippen molar-refractivity contribution >= 4 is 23.4 Å². The fourth-order valence-corrected chi connectivity index (χ4v) is 3.90. The Morgan fingerprint density at radius 2 is 1.16 bits per heavy atom. The number of rotatable bonds is 16. The lowest BCUT2D eigenvalue weighted by Gasteiger charge is -2.18. The summed E-state index contributed by atoms with van der Waals surface area (Å²) in [4.78, 5) is 33.6. The Hall–Kier alpha value is -3.50. The third-order valence-electron chi connectivity index (χ3n) is 6.09. The number of carbonyl (C=O) groups excluding carboxylic acids is 2. The molecule has 10 nitrogen and oxygen atoms in total. The normalized spacial score (nSPS) is 11.0. The molecule has 2 amide bonds. The molecule has 3 rings (SSSR count). The number of unbranched alkanes of at least 4 members (excludes halogenated alkanes) is 6. The Kier molecular flexibility index (Phi) is 12.5. The van der Waals surface area contributed by atoms with Gasteiger partial charge in [0.1, 0.15) is 12.7 Å². The number of hydrogen-bond donors (Lipinski definition) is 2. The van der Waals surface area contributed by atoms with Gasteiger partial charge in [0.05, 0.1) is 13.2 Å². The van der Waals surface area contributed by atoms with Crippen LogP contribution >= 0.6 is 0 Å². The fraction of sp³-hybridized carbons (Fsp3) is 0.500. The standard InChI is InChI=1S/C28H40N6O4/c1-3-5-7-9-15-37-19-23-17-26(32-28(36)34-14-12-30-22-34)24(20-38-16-10-8-6-4-2)18-25(23)31-27(35)33-13-11-29-21-33/h11-14,17-18,21-22H,3-10,15-16,19-20H2,1-2H3,(H,31,35)(H,32,36). The SMILES string of the molecule is CCCCCCOCc1cc(NC(=O)n2ccnc2)c(COCCCCCC)cc1NC(=O)n1ccnc1. The second kappa shape index (κ2) is 16.4. The van der Waals surface area contributed by atoms with Crippen molar-refractivity contribution in [3.8, 4) is 0 Å². The second-order valence-electron chi connectivity index (χ2n) is 9.19. The molecule has 0 radical (unpaired) electrons. The molecular formula is C28H40N6O4. The van der Waals surface area contributed by atoms with Crippen LogP contribution in [0, 0.1) is 0 Å². The molecule has 0 atom stereocenters. The minimum atomic E-state index is -0.340. The zero-order valence-corrected chi connectivity index (χ0v) is 22.5. The summed E-state index contributed by atoms with van der Waals surface area (Å²) in [6.45, 7) is 6.16. The number of hydrogen-bond acceptors (Lipinski definition) is 6. The van der Waals surface area contributed by atoms with Crippen LogP contribution in [0.4, 0.5) is 21.0 Å².